The summed E-state index contributed by atoms with van der Waals surface area (Å²) in [7, 11) is 6.46. The van der Waals surface area contributed by atoms with E-state index in [0.717, 1.165) is 12.0 Å². The summed E-state index contributed by atoms with van der Waals surface area (Å²) in [6, 6.07) is 5.84. The van der Waals surface area contributed by atoms with Gasteiger partial charge < -0.3 is 40.3 Å². The van der Waals surface area contributed by atoms with Gasteiger partial charge in [-0.05, 0) is 43.2 Å². The topological polar surface area (TPSA) is 167 Å². The van der Waals surface area contributed by atoms with E-state index in [2.05, 4.69) is 16.0 Å². The fourth-order valence-corrected chi connectivity index (χ4v) is 7.40. The zero-order valence-corrected chi connectivity index (χ0v) is 33.2. The maximum absolute atomic E-state index is 14.1. The average molecular weight is 732 g/mol. The van der Waals surface area contributed by atoms with Crippen molar-refractivity contribution in [3.63, 3.8) is 0 Å². The third-order valence-corrected chi connectivity index (χ3v) is 10.6. The van der Waals surface area contributed by atoms with Gasteiger partial charge in [-0.2, -0.15) is 0 Å². The second kappa shape index (κ2) is 21.2. The number of nitrogens with one attached hydrogen (secondary N) is 3. The van der Waals surface area contributed by atoms with E-state index in [4.69, 9.17) is 9.47 Å². The number of carboxylic acids is 1. The highest BCUT2D eigenvalue weighted by molar-refractivity contribution is 5.90. The lowest BCUT2D eigenvalue weighted by molar-refractivity contribution is -0.148. The highest BCUT2D eigenvalue weighted by Gasteiger charge is 2.43. The molecule has 3 unspecified atom stereocenters. The molecular weight excluding hydrogens is 666 g/mol. The SMILES string of the molecule is CC[C@H](C)[C@@H]([C@@H](CC(=O)N1CCCC1[C@H](OC)[C@@H](C)C(=O)N[C@@H](Cc1ccccc1)C(=O)O)OC)N(C)C(=O)C(NC(=O)C(NC)C(C)C)C(C)C. The quantitative estimate of drug-likeness (QED) is 0.149. The molecule has 294 valence electrons. The van der Waals surface area contributed by atoms with Gasteiger partial charge in [0.25, 0.3) is 0 Å². The molecule has 4 amide bonds. The number of hydrogen-bond donors (Lipinski definition) is 4. The summed E-state index contributed by atoms with van der Waals surface area (Å²) < 4.78 is 11.8. The first-order valence-electron chi connectivity index (χ1n) is 18.7. The Kier molecular flexibility index (Phi) is 18.2. The Morgan fingerprint density at radius 2 is 1.54 bits per heavy atom. The van der Waals surface area contributed by atoms with Crippen LogP contribution in [0.25, 0.3) is 0 Å². The normalized spacial score (nSPS) is 19.2. The molecule has 52 heavy (non-hydrogen) atoms. The lowest BCUT2D eigenvalue weighted by atomic mass is 9.89. The predicted octanol–water partition coefficient (Wildman–Crippen LogP) is 3.10. The van der Waals surface area contributed by atoms with Gasteiger partial charge in [-0.1, -0.05) is 85.2 Å². The van der Waals surface area contributed by atoms with E-state index in [9.17, 15) is 29.1 Å². The third kappa shape index (κ3) is 11.7. The Balaban J connectivity index is 2.26. The van der Waals surface area contributed by atoms with Crippen molar-refractivity contribution in [3.05, 3.63) is 35.9 Å². The fraction of sp³-hybridized carbons (Fsp3) is 0.718. The van der Waals surface area contributed by atoms with Crippen LogP contribution in [0.15, 0.2) is 30.3 Å². The Bertz CT molecular complexity index is 1310. The van der Waals surface area contributed by atoms with Crippen LogP contribution >= 0.6 is 0 Å². The van der Waals surface area contributed by atoms with Gasteiger partial charge in [-0.15, -0.1) is 0 Å². The zero-order valence-electron chi connectivity index (χ0n) is 33.2. The second-order valence-electron chi connectivity index (χ2n) is 14.9. The largest absolute Gasteiger partial charge is 0.480 e. The number of methoxy groups -OCH3 is 2. The van der Waals surface area contributed by atoms with Crippen LogP contribution in [0.2, 0.25) is 0 Å². The van der Waals surface area contributed by atoms with Gasteiger partial charge in [-0.3, -0.25) is 19.2 Å². The lowest BCUT2D eigenvalue weighted by Crippen LogP contribution is -2.59. The predicted molar refractivity (Wildman–Crippen MR) is 200 cm³/mol. The standard InChI is InChI=1S/C39H65N5O8/c1-12-25(6)34(43(9)38(48)33(24(4)5)42-37(47)32(40-8)23(2)3)30(51-10)22-31(45)44-20-16-19-29(44)35(52-11)26(7)36(46)41-28(39(49)50)21-27-17-14-13-15-18-27/h13-15,17-18,23-26,28-30,32-35,40H,12,16,19-22H2,1-11H3,(H,41,46)(H,42,47)(H,49,50)/t25-,26+,28-,29?,30+,32?,33?,34-,35+/m0/s1. The minimum Gasteiger partial charge on any atom is -0.480 e. The van der Waals surface area contributed by atoms with Crippen molar-refractivity contribution in [1.82, 2.24) is 25.8 Å². The fourth-order valence-electron chi connectivity index (χ4n) is 7.40. The number of carbonyl (C=O) groups excluding carboxylic acids is 4. The van der Waals surface area contributed by atoms with Gasteiger partial charge in [0.1, 0.15) is 12.1 Å². The van der Waals surface area contributed by atoms with E-state index in [1.807, 2.05) is 71.9 Å². The molecular formula is C39H65N5O8. The number of likely N-dealkylation sites (tertiary alicyclic amines) is 1. The zero-order chi connectivity index (χ0) is 39.3. The molecule has 0 radical (unpaired) electrons. The van der Waals surface area contributed by atoms with E-state index >= 15 is 0 Å². The maximum Gasteiger partial charge on any atom is 0.326 e. The molecule has 4 N–H and O–H groups in total. The lowest BCUT2D eigenvalue weighted by Gasteiger charge is -2.41. The first-order valence-corrected chi connectivity index (χ1v) is 18.7. The molecule has 1 heterocycles. The number of ether oxygens (including phenoxy) is 2. The van der Waals surface area contributed by atoms with E-state index in [0.29, 0.717) is 19.4 Å². The Hall–Kier alpha value is -3.55. The number of benzene rings is 1. The minimum atomic E-state index is -1.14. The molecule has 13 heteroatoms. The summed E-state index contributed by atoms with van der Waals surface area (Å²) >= 11 is 0. The molecule has 1 fully saturated rings. The molecule has 1 aromatic carbocycles. The molecule has 1 aromatic rings. The second-order valence-corrected chi connectivity index (χ2v) is 14.9. The summed E-state index contributed by atoms with van der Waals surface area (Å²) in [5, 5.41) is 18.5. The first kappa shape index (κ1) is 44.6. The number of likely N-dealkylation sites (N-methyl/N-ethyl adjacent to an activating group) is 2. The Labute approximate surface area is 310 Å². The number of carbonyl (C=O) groups is 5. The Morgan fingerprint density at radius 1 is 0.923 bits per heavy atom. The van der Waals surface area contributed by atoms with Gasteiger partial charge >= 0.3 is 5.97 Å². The first-order chi connectivity index (χ1) is 24.5. The molecule has 9 atom stereocenters. The van der Waals surface area contributed by atoms with Crippen LogP contribution in [-0.4, -0.2) is 122 Å². The molecule has 0 bridgehead atoms. The summed E-state index contributed by atoms with van der Waals surface area (Å²) in [5.74, 6) is -3.27. The van der Waals surface area contributed by atoms with Crippen LogP contribution in [-0.2, 0) is 39.9 Å². The molecule has 1 aliphatic rings. The van der Waals surface area contributed by atoms with Gasteiger partial charge in [0.2, 0.25) is 23.6 Å². The van der Waals surface area contributed by atoms with E-state index in [1.54, 1.807) is 30.8 Å². The van der Waals surface area contributed by atoms with Crippen molar-refractivity contribution in [2.75, 3.05) is 34.9 Å². The van der Waals surface area contributed by atoms with Gasteiger partial charge in [0.05, 0.1) is 42.7 Å². The molecule has 1 saturated heterocycles. The smallest absolute Gasteiger partial charge is 0.326 e. The molecule has 13 nitrogen and oxygen atoms in total. The van der Waals surface area contributed by atoms with Crippen LogP contribution in [0.4, 0.5) is 0 Å². The average Bonchev–Trinajstić information content (AvgIpc) is 3.59. The number of amides is 4. The summed E-state index contributed by atoms with van der Waals surface area (Å²) in [6.45, 7) is 13.9. The van der Waals surface area contributed by atoms with Gasteiger partial charge in [0, 0.05) is 34.2 Å². The third-order valence-electron chi connectivity index (χ3n) is 10.6. The molecule has 0 saturated carbocycles. The van der Waals surface area contributed by atoms with Crippen molar-refractivity contribution < 1.29 is 38.6 Å². The van der Waals surface area contributed by atoms with Crippen molar-refractivity contribution in [1.29, 1.82) is 0 Å². The van der Waals surface area contributed by atoms with E-state index < -0.39 is 60.2 Å². The highest BCUT2D eigenvalue weighted by Crippen LogP contribution is 2.29. The Morgan fingerprint density at radius 3 is 2.04 bits per heavy atom. The molecule has 2 rings (SSSR count). The van der Waals surface area contributed by atoms with E-state index in [1.165, 1.54) is 14.2 Å². The summed E-state index contributed by atoms with van der Waals surface area (Å²) in [6.07, 6.45) is 0.818. The van der Waals surface area contributed by atoms with Crippen LogP contribution in [0.3, 0.4) is 0 Å². The number of aliphatic carboxylic acids is 1. The molecule has 0 aromatic heterocycles. The van der Waals surface area contributed by atoms with Crippen molar-refractivity contribution in [2.45, 2.75) is 123 Å². The summed E-state index contributed by atoms with van der Waals surface area (Å²) in [4.78, 5) is 70.3. The van der Waals surface area contributed by atoms with Gasteiger partial charge in [-0.25, -0.2) is 4.79 Å². The van der Waals surface area contributed by atoms with Gasteiger partial charge in [0.15, 0.2) is 0 Å². The van der Waals surface area contributed by atoms with Crippen LogP contribution in [0, 0.1) is 23.7 Å². The maximum atomic E-state index is 14.1. The number of hydrogen-bond acceptors (Lipinski definition) is 8. The van der Waals surface area contributed by atoms with Crippen LogP contribution in [0.1, 0.15) is 79.7 Å². The number of nitrogens with zero attached hydrogens (tertiary/aromatic N) is 2. The van der Waals surface area contributed by atoms with Crippen molar-refractivity contribution in [3.8, 4) is 0 Å². The minimum absolute atomic E-state index is 0.0112. The van der Waals surface area contributed by atoms with Crippen molar-refractivity contribution in [2.24, 2.45) is 23.7 Å². The number of carboxylic acid groups (broad SMARTS) is 1. The van der Waals surface area contributed by atoms with E-state index in [-0.39, 0.29) is 48.3 Å². The molecule has 1 aliphatic heterocycles. The molecule has 0 aliphatic carbocycles. The monoisotopic (exact) mass is 731 g/mol. The van der Waals surface area contributed by atoms with Crippen LogP contribution < -0.4 is 16.0 Å². The number of rotatable bonds is 21. The molecule has 0 spiro atoms. The van der Waals surface area contributed by atoms with Crippen molar-refractivity contribution >= 4 is 29.6 Å². The summed E-state index contributed by atoms with van der Waals surface area (Å²) in [5.41, 5.74) is 0.785. The van der Waals surface area contributed by atoms with Crippen LogP contribution in [0.5, 0.6) is 0 Å². The highest BCUT2D eigenvalue weighted by atomic mass is 16.5.